The molecule has 0 saturated carbocycles. The van der Waals surface area contributed by atoms with Crippen LogP contribution in [-0.4, -0.2) is 35.8 Å². The third kappa shape index (κ3) is 4.09. The Hall–Kier alpha value is -2.51. The molecule has 0 fully saturated rings. The summed E-state index contributed by atoms with van der Waals surface area (Å²) >= 11 is 0. The van der Waals surface area contributed by atoms with Crippen molar-refractivity contribution in [1.29, 1.82) is 0 Å². The summed E-state index contributed by atoms with van der Waals surface area (Å²) in [7, 11) is -1.87. The van der Waals surface area contributed by atoms with E-state index >= 15 is 0 Å². The maximum Gasteiger partial charge on any atom is 0.243 e. The number of fused-ring (bicyclic) bond motifs is 1. The van der Waals surface area contributed by atoms with Crippen molar-refractivity contribution in [3.05, 3.63) is 59.9 Å². The van der Waals surface area contributed by atoms with Crippen LogP contribution in [0.5, 0.6) is 0 Å². The van der Waals surface area contributed by atoms with Gasteiger partial charge in [0.05, 0.1) is 10.4 Å². The number of nitrogens with zero attached hydrogens (tertiary/aromatic N) is 3. The normalized spacial score (nSPS) is 12.1. The summed E-state index contributed by atoms with van der Waals surface area (Å²) in [5.41, 5.74) is 3.00. The molecule has 0 radical (unpaired) electrons. The van der Waals surface area contributed by atoms with Crippen molar-refractivity contribution in [2.24, 2.45) is 0 Å². The predicted octanol–water partition coefficient (Wildman–Crippen LogP) is 3.58. The molecule has 0 spiro atoms. The fourth-order valence-corrected chi connectivity index (χ4v) is 4.09. The molecule has 0 unspecified atom stereocenters. The highest BCUT2D eigenvalue weighted by Gasteiger charge is 2.22. The van der Waals surface area contributed by atoms with Crippen LogP contribution in [0.15, 0.2) is 53.7 Å². The first-order valence-electron chi connectivity index (χ1n) is 8.81. The molecule has 7 heteroatoms. The molecule has 0 amide bonds. The van der Waals surface area contributed by atoms with E-state index in [2.05, 4.69) is 21.4 Å². The highest BCUT2D eigenvalue weighted by atomic mass is 32.2. The van der Waals surface area contributed by atoms with Crippen LogP contribution in [0.1, 0.15) is 25.0 Å². The summed E-state index contributed by atoms with van der Waals surface area (Å²) in [4.78, 5) is 8.92. The standard InChI is InChI=1S/C20H24N4O2S/c1-14(2)24(4)27(25,26)17-8-6-16(7-9-17)12-21-20-18-11-15(3)5-10-19(18)22-13-23-20/h5-11,13-14H,12H2,1-4H3,(H,21,22,23). The number of aryl methyl sites for hydroxylation is 1. The lowest BCUT2D eigenvalue weighted by Gasteiger charge is -2.21. The predicted molar refractivity (Wildman–Crippen MR) is 108 cm³/mol. The smallest absolute Gasteiger partial charge is 0.243 e. The van der Waals surface area contributed by atoms with Crippen molar-refractivity contribution in [2.75, 3.05) is 12.4 Å². The Kier molecular flexibility index (Phi) is 5.43. The second kappa shape index (κ2) is 7.62. The van der Waals surface area contributed by atoms with Crippen LogP contribution in [0, 0.1) is 6.92 Å². The van der Waals surface area contributed by atoms with E-state index in [0.29, 0.717) is 11.4 Å². The summed E-state index contributed by atoms with van der Waals surface area (Å²) in [6, 6.07) is 12.9. The Bertz CT molecular complexity index is 1050. The van der Waals surface area contributed by atoms with Crippen molar-refractivity contribution in [3.8, 4) is 0 Å². The van der Waals surface area contributed by atoms with Crippen molar-refractivity contribution in [1.82, 2.24) is 14.3 Å². The van der Waals surface area contributed by atoms with Crippen LogP contribution >= 0.6 is 0 Å². The molecule has 142 valence electrons. The Balaban J connectivity index is 1.78. The molecule has 2 aromatic carbocycles. The minimum atomic E-state index is -3.46. The second-order valence-electron chi connectivity index (χ2n) is 6.86. The Morgan fingerprint density at radius 3 is 2.44 bits per heavy atom. The number of hydrogen-bond acceptors (Lipinski definition) is 5. The molecule has 6 nitrogen and oxygen atoms in total. The van der Waals surface area contributed by atoms with Gasteiger partial charge in [0.25, 0.3) is 0 Å². The van der Waals surface area contributed by atoms with Gasteiger partial charge >= 0.3 is 0 Å². The minimum Gasteiger partial charge on any atom is -0.365 e. The van der Waals surface area contributed by atoms with Crippen molar-refractivity contribution in [2.45, 2.75) is 38.3 Å². The number of benzene rings is 2. The van der Waals surface area contributed by atoms with E-state index in [1.165, 1.54) is 10.6 Å². The van der Waals surface area contributed by atoms with Crippen molar-refractivity contribution < 1.29 is 8.42 Å². The van der Waals surface area contributed by atoms with Gasteiger partial charge in [0.1, 0.15) is 12.1 Å². The van der Waals surface area contributed by atoms with Crippen LogP contribution < -0.4 is 5.32 Å². The van der Waals surface area contributed by atoms with E-state index in [1.807, 2.05) is 45.0 Å². The number of hydrogen-bond donors (Lipinski definition) is 1. The van der Waals surface area contributed by atoms with E-state index in [-0.39, 0.29) is 6.04 Å². The maximum atomic E-state index is 12.5. The Labute approximate surface area is 160 Å². The summed E-state index contributed by atoms with van der Waals surface area (Å²) in [6.45, 7) is 6.27. The molecule has 3 rings (SSSR count). The summed E-state index contributed by atoms with van der Waals surface area (Å²) in [5, 5.41) is 4.29. The monoisotopic (exact) mass is 384 g/mol. The lowest BCUT2D eigenvalue weighted by atomic mass is 10.1. The first kappa shape index (κ1) is 19.3. The molecule has 0 atom stereocenters. The minimum absolute atomic E-state index is 0.0918. The summed E-state index contributed by atoms with van der Waals surface area (Å²) in [5.74, 6) is 0.764. The molecular weight excluding hydrogens is 360 g/mol. The van der Waals surface area contributed by atoms with Gasteiger partial charge in [-0.1, -0.05) is 23.8 Å². The lowest BCUT2D eigenvalue weighted by molar-refractivity contribution is 0.410. The van der Waals surface area contributed by atoms with Crippen molar-refractivity contribution >= 4 is 26.7 Å². The van der Waals surface area contributed by atoms with Gasteiger partial charge in [0, 0.05) is 25.0 Å². The van der Waals surface area contributed by atoms with Crippen LogP contribution in [0.25, 0.3) is 10.9 Å². The zero-order valence-corrected chi connectivity index (χ0v) is 16.8. The molecule has 0 aliphatic heterocycles. The summed E-state index contributed by atoms with van der Waals surface area (Å²) < 4.78 is 26.4. The molecule has 27 heavy (non-hydrogen) atoms. The average Bonchev–Trinajstić information content (AvgIpc) is 2.66. The molecule has 0 saturated heterocycles. The molecule has 0 bridgehead atoms. The van der Waals surface area contributed by atoms with Crippen LogP contribution in [-0.2, 0) is 16.6 Å². The fraction of sp³-hybridized carbons (Fsp3) is 0.300. The number of nitrogens with one attached hydrogen (secondary N) is 1. The maximum absolute atomic E-state index is 12.5. The van der Waals surface area contributed by atoms with E-state index in [9.17, 15) is 8.42 Å². The Morgan fingerprint density at radius 1 is 1.07 bits per heavy atom. The van der Waals surface area contributed by atoms with Crippen molar-refractivity contribution in [3.63, 3.8) is 0 Å². The SMILES string of the molecule is Cc1ccc2ncnc(NCc3ccc(S(=O)(=O)N(C)C(C)C)cc3)c2c1. The molecule has 1 N–H and O–H groups in total. The van der Waals surface area contributed by atoms with E-state index < -0.39 is 10.0 Å². The van der Waals surface area contributed by atoms with Gasteiger partial charge in [-0.3, -0.25) is 0 Å². The topological polar surface area (TPSA) is 75.2 Å². The molecule has 0 aliphatic rings. The second-order valence-corrected chi connectivity index (χ2v) is 8.85. The average molecular weight is 385 g/mol. The molecular formula is C20H24N4O2S. The lowest BCUT2D eigenvalue weighted by Crippen LogP contribution is -2.33. The van der Waals surface area contributed by atoms with Crippen LogP contribution in [0.4, 0.5) is 5.82 Å². The number of sulfonamides is 1. The highest BCUT2D eigenvalue weighted by Crippen LogP contribution is 2.22. The number of rotatable bonds is 6. The van der Waals surface area contributed by atoms with Gasteiger partial charge in [-0.15, -0.1) is 0 Å². The van der Waals surface area contributed by atoms with Gasteiger partial charge in [-0.2, -0.15) is 4.31 Å². The molecule has 1 aromatic heterocycles. The third-order valence-corrected chi connectivity index (χ3v) is 6.63. The van der Waals surface area contributed by atoms with Gasteiger partial charge < -0.3 is 5.32 Å². The number of aromatic nitrogens is 2. The van der Waals surface area contributed by atoms with Gasteiger partial charge in [-0.25, -0.2) is 18.4 Å². The Morgan fingerprint density at radius 2 is 1.78 bits per heavy atom. The van der Waals surface area contributed by atoms with Gasteiger partial charge in [-0.05, 0) is 50.6 Å². The zero-order valence-electron chi connectivity index (χ0n) is 16.0. The van der Waals surface area contributed by atoms with Gasteiger partial charge in [0.2, 0.25) is 10.0 Å². The van der Waals surface area contributed by atoms with Crippen LogP contribution in [0.3, 0.4) is 0 Å². The van der Waals surface area contributed by atoms with Gasteiger partial charge in [0.15, 0.2) is 0 Å². The summed E-state index contributed by atoms with van der Waals surface area (Å²) in [6.07, 6.45) is 1.54. The third-order valence-electron chi connectivity index (χ3n) is 4.58. The zero-order chi connectivity index (χ0) is 19.6. The molecule has 1 heterocycles. The fourth-order valence-electron chi connectivity index (χ4n) is 2.72. The highest BCUT2D eigenvalue weighted by molar-refractivity contribution is 7.89. The first-order valence-corrected chi connectivity index (χ1v) is 10.3. The molecule has 3 aromatic rings. The first-order chi connectivity index (χ1) is 12.8. The van der Waals surface area contributed by atoms with E-state index in [0.717, 1.165) is 27.8 Å². The molecule has 0 aliphatic carbocycles. The number of anilines is 1. The van der Waals surface area contributed by atoms with Crippen LogP contribution in [0.2, 0.25) is 0 Å². The largest absolute Gasteiger partial charge is 0.365 e. The quantitative estimate of drug-likeness (QED) is 0.703. The van der Waals surface area contributed by atoms with E-state index in [4.69, 9.17) is 0 Å². The van der Waals surface area contributed by atoms with E-state index in [1.54, 1.807) is 19.2 Å².